The average molecular weight is 401 g/mol. The fourth-order valence-electron chi connectivity index (χ4n) is 2.26. The molecule has 0 amide bonds. The van der Waals surface area contributed by atoms with Crippen molar-refractivity contribution in [2.45, 2.75) is 11.5 Å². The topological polar surface area (TPSA) is 67.8 Å². The zero-order valence-electron chi connectivity index (χ0n) is 14.2. The number of benzene rings is 3. The third-order valence-corrected chi connectivity index (χ3v) is 5.11. The summed E-state index contributed by atoms with van der Waals surface area (Å²) in [5, 5.41) is 4.28. The summed E-state index contributed by atoms with van der Waals surface area (Å²) in [6.45, 7) is 0.449. The lowest BCUT2D eigenvalue weighted by atomic mass is 10.2. The number of nitrogens with one attached hydrogen (secondary N) is 1. The van der Waals surface area contributed by atoms with Gasteiger partial charge in [0.05, 0.1) is 11.1 Å². The minimum absolute atomic E-state index is 0.0870. The van der Waals surface area contributed by atoms with Crippen molar-refractivity contribution in [1.82, 2.24) is 4.83 Å². The van der Waals surface area contributed by atoms with Crippen molar-refractivity contribution in [2.24, 2.45) is 5.10 Å². The highest BCUT2D eigenvalue weighted by atomic mass is 35.5. The van der Waals surface area contributed by atoms with Crippen LogP contribution in [0.4, 0.5) is 0 Å². The molecule has 0 saturated heterocycles. The van der Waals surface area contributed by atoms with Crippen LogP contribution in [-0.2, 0) is 16.6 Å². The Bertz CT molecular complexity index is 1020. The highest BCUT2D eigenvalue weighted by Crippen LogP contribution is 2.15. The fraction of sp³-hybridized carbons (Fsp3) is 0.0500. The molecule has 0 heterocycles. The van der Waals surface area contributed by atoms with Crippen LogP contribution in [0, 0.1) is 0 Å². The van der Waals surface area contributed by atoms with Crippen LogP contribution in [0.5, 0.6) is 5.75 Å². The number of hydrogen-bond donors (Lipinski definition) is 1. The maximum atomic E-state index is 12.2. The smallest absolute Gasteiger partial charge is 0.276 e. The quantitative estimate of drug-likeness (QED) is 0.476. The Balaban J connectivity index is 1.62. The van der Waals surface area contributed by atoms with Crippen LogP contribution in [-0.4, -0.2) is 14.6 Å². The van der Waals surface area contributed by atoms with Crippen LogP contribution in [0.25, 0.3) is 0 Å². The van der Waals surface area contributed by atoms with E-state index in [0.717, 1.165) is 5.56 Å². The number of halogens is 1. The van der Waals surface area contributed by atoms with E-state index >= 15 is 0 Å². The molecule has 3 rings (SSSR count). The van der Waals surface area contributed by atoms with E-state index in [0.29, 0.717) is 22.9 Å². The number of hydrazone groups is 1. The highest BCUT2D eigenvalue weighted by Gasteiger charge is 2.11. The van der Waals surface area contributed by atoms with Crippen molar-refractivity contribution < 1.29 is 13.2 Å². The minimum atomic E-state index is -3.74. The Kier molecular flexibility index (Phi) is 6.11. The molecule has 0 aliphatic heterocycles. The molecule has 0 saturated carbocycles. The third-order valence-electron chi connectivity index (χ3n) is 3.62. The predicted octanol–water partition coefficient (Wildman–Crippen LogP) is 4.23. The van der Waals surface area contributed by atoms with Crippen LogP contribution >= 0.6 is 11.6 Å². The van der Waals surface area contributed by atoms with E-state index in [-0.39, 0.29) is 4.90 Å². The second-order valence-corrected chi connectivity index (χ2v) is 7.75. The molecular formula is C20H17ClN2O3S. The van der Waals surface area contributed by atoms with Gasteiger partial charge < -0.3 is 4.74 Å². The predicted molar refractivity (Wildman–Crippen MR) is 107 cm³/mol. The number of sulfonamides is 1. The molecule has 1 N–H and O–H groups in total. The first-order valence-electron chi connectivity index (χ1n) is 8.10. The summed E-state index contributed by atoms with van der Waals surface area (Å²) in [7, 11) is -3.74. The van der Waals surface area contributed by atoms with Crippen molar-refractivity contribution in [3.05, 3.63) is 95.0 Å². The molecule has 0 aromatic heterocycles. The van der Waals surface area contributed by atoms with Gasteiger partial charge in [0.2, 0.25) is 0 Å². The minimum Gasteiger partial charge on any atom is -0.489 e. The van der Waals surface area contributed by atoms with Gasteiger partial charge in [-0.2, -0.15) is 13.5 Å². The SMILES string of the molecule is O=S(=O)(NN=Cc1cccc(OCc2ccccc2)c1)c1ccc(Cl)cc1. The molecule has 0 unspecified atom stereocenters. The van der Waals surface area contributed by atoms with Gasteiger partial charge in [0.15, 0.2) is 0 Å². The molecule has 3 aromatic carbocycles. The summed E-state index contributed by atoms with van der Waals surface area (Å²) in [4.78, 5) is 2.27. The van der Waals surface area contributed by atoms with Gasteiger partial charge in [0.1, 0.15) is 12.4 Å². The molecule has 138 valence electrons. The number of nitrogens with zero attached hydrogens (tertiary/aromatic N) is 1. The molecule has 0 aliphatic carbocycles. The second-order valence-electron chi connectivity index (χ2n) is 5.65. The Hall–Kier alpha value is -2.83. The molecule has 5 nitrogen and oxygen atoms in total. The summed E-state index contributed by atoms with van der Waals surface area (Å²) in [6.07, 6.45) is 1.42. The normalized spacial score (nSPS) is 11.4. The average Bonchev–Trinajstić information content (AvgIpc) is 2.68. The molecular weight excluding hydrogens is 384 g/mol. The van der Waals surface area contributed by atoms with E-state index in [4.69, 9.17) is 16.3 Å². The van der Waals surface area contributed by atoms with Crippen molar-refractivity contribution in [2.75, 3.05) is 0 Å². The zero-order valence-corrected chi connectivity index (χ0v) is 15.8. The maximum absolute atomic E-state index is 12.2. The van der Waals surface area contributed by atoms with Crippen molar-refractivity contribution in [3.63, 3.8) is 0 Å². The van der Waals surface area contributed by atoms with Crippen LogP contribution in [0.2, 0.25) is 5.02 Å². The van der Waals surface area contributed by atoms with Gasteiger partial charge in [-0.1, -0.05) is 54.1 Å². The van der Waals surface area contributed by atoms with E-state index in [1.807, 2.05) is 42.5 Å². The Morgan fingerprint density at radius 2 is 1.70 bits per heavy atom. The van der Waals surface area contributed by atoms with Crippen LogP contribution in [0.15, 0.2) is 88.9 Å². The Morgan fingerprint density at radius 1 is 0.963 bits per heavy atom. The zero-order chi connectivity index (χ0) is 19.1. The molecule has 3 aromatic rings. The van der Waals surface area contributed by atoms with Gasteiger partial charge in [0, 0.05) is 5.02 Å². The lowest BCUT2D eigenvalue weighted by molar-refractivity contribution is 0.306. The summed E-state index contributed by atoms with van der Waals surface area (Å²) in [5.74, 6) is 0.670. The lowest BCUT2D eigenvalue weighted by Crippen LogP contribution is -2.18. The Labute approximate surface area is 163 Å². The first-order valence-corrected chi connectivity index (χ1v) is 9.96. The molecule has 0 fully saturated rings. The summed E-state index contributed by atoms with van der Waals surface area (Å²) in [6, 6.07) is 22.9. The van der Waals surface area contributed by atoms with E-state index < -0.39 is 10.0 Å². The van der Waals surface area contributed by atoms with Gasteiger partial charge in [-0.15, -0.1) is 0 Å². The van der Waals surface area contributed by atoms with Crippen LogP contribution in [0.1, 0.15) is 11.1 Å². The van der Waals surface area contributed by atoms with E-state index in [2.05, 4.69) is 9.93 Å². The molecule has 0 radical (unpaired) electrons. The first kappa shape index (κ1) is 18.9. The summed E-state index contributed by atoms with van der Waals surface area (Å²) >= 11 is 5.77. The second kappa shape index (κ2) is 8.70. The molecule has 0 bridgehead atoms. The fourth-order valence-corrected chi connectivity index (χ4v) is 3.18. The van der Waals surface area contributed by atoms with Crippen LogP contribution < -0.4 is 9.57 Å². The van der Waals surface area contributed by atoms with Gasteiger partial charge in [-0.05, 0) is 47.5 Å². The van der Waals surface area contributed by atoms with E-state index in [1.165, 1.54) is 30.5 Å². The van der Waals surface area contributed by atoms with Gasteiger partial charge >= 0.3 is 0 Å². The largest absolute Gasteiger partial charge is 0.489 e. The van der Waals surface area contributed by atoms with E-state index in [1.54, 1.807) is 12.1 Å². The third kappa shape index (κ3) is 5.57. The summed E-state index contributed by atoms with van der Waals surface area (Å²) < 4.78 is 30.1. The van der Waals surface area contributed by atoms with E-state index in [9.17, 15) is 8.42 Å². The first-order chi connectivity index (χ1) is 13.0. The van der Waals surface area contributed by atoms with Crippen molar-refractivity contribution >= 4 is 27.8 Å². The van der Waals surface area contributed by atoms with Crippen molar-refractivity contribution in [1.29, 1.82) is 0 Å². The van der Waals surface area contributed by atoms with Gasteiger partial charge in [0.25, 0.3) is 10.0 Å². The highest BCUT2D eigenvalue weighted by molar-refractivity contribution is 7.89. The standard InChI is InChI=1S/C20H17ClN2O3S/c21-18-9-11-20(12-10-18)27(24,25)23-22-14-17-7-4-8-19(13-17)26-15-16-5-2-1-3-6-16/h1-14,23H,15H2. The van der Waals surface area contributed by atoms with Crippen LogP contribution in [0.3, 0.4) is 0 Å². The molecule has 0 atom stereocenters. The number of ether oxygens (including phenoxy) is 1. The number of rotatable bonds is 7. The van der Waals surface area contributed by atoms with Gasteiger partial charge in [-0.3, -0.25) is 0 Å². The Morgan fingerprint density at radius 3 is 2.44 bits per heavy atom. The molecule has 27 heavy (non-hydrogen) atoms. The lowest BCUT2D eigenvalue weighted by Gasteiger charge is -2.07. The molecule has 0 spiro atoms. The molecule has 0 aliphatic rings. The number of hydrogen-bond acceptors (Lipinski definition) is 4. The maximum Gasteiger partial charge on any atom is 0.276 e. The monoisotopic (exact) mass is 400 g/mol. The molecule has 7 heteroatoms. The van der Waals surface area contributed by atoms with Gasteiger partial charge in [-0.25, -0.2) is 4.83 Å². The van der Waals surface area contributed by atoms with Crippen molar-refractivity contribution in [3.8, 4) is 5.75 Å². The summed E-state index contributed by atoms with van der Waals surface area (Å²) in [5.41, 5.74) is 1.77.